The van der Waals surface area contributed by atoms with Crippen LogP contribution >= 0.6 is 0 Å². The van der Waals surface area contributed by atoms with Gasteiger partial charge in [-0.25, -0.2) is 8.42 Å². The molecule has 0 unspecified atom stereocenters. The van der Waals surface area contributed by atoms with E-state index >= 15 is 0 Å². The standard InChI is InChI=1S/C28H33N5O4S/c1-19-7-6-9-24(17-19)29-28(35)23-11-14-31(15-12-23)38(36,37)27-20(2)30-33(21(27)3)18-26(34)32-16-13-22-8-4-5-10-25(22)32/h4-10,17,23H,11-16,18H2,1-3H3,(H,29,35). The highest BCUT2D eigenvalue weighted by molar-refractivity contribution is 7.89. The van der Waals surface area contributed by atoms with Crippen molar-refractivity contribution in [2.75, 3.05) is 29.9 Å². The Bertz CT molecular complexity index is 1490. The number of aryl methyl sites for hydroxylation is 2. The van der Waals surface area contributed by atoms with Crippen LogP contribution in [0.1, 0.15) is 35.4 Å². The highest BCUT2D eigenvalue weighted by Gasteiger charge is 2.36. The van der Waals surface area contributed by atoms with Gasteiger partial charge in [-0.15, -0.1) is 0 Å². The molecule has 10 heteroatoms. The summed E-state index contributed by atoms with van der Waals surface area (Å²) in [7, 11) is -3.83. The van der Waals surface area contributed by atoms with E-state index in [9.17, 15) is 18.0 Å². The highest BCUT2D eigenvalue weighted by atomic mass is 32.2. The van der Waals surface area contributed by atoms with Gasteiger partial charge in [-0.05, 0) is 69.4 Å². The van der Waals surface area contributed by atoms with E-state index in [1.165, 1.54) is 8.99 Å². The molecule has 1 saturated heterocycles. The molecule has 1 aromatic heterocycles. The normalized spacial score (nSPS) is 16.4. The van der Waals surface area contributed by atoms with E-state index in [1.54, 1.807) is 18.7 Å². The van der Waals surface area contributed by atoms with Crippen LogP contribution in [-0.4, -0.2) is 54.0 Å². The van der Waals surface area contributed by atoms with Gasteiger partial charge < -0.3 is 10.2 Å². The number of hydrogen-bond acceptors (Lipinski definition) is 5. The number of para-hydroxylation sites is 1. The van der Waals surface area contributed by atoms with Gasteiger partial charge in [0.2, 0.25) is 21.8 Å². The number of nitrogens with one attached hydrogen (secondary N) is 1. The van der Waals surface area contributed by atoms with Gasteiger partial charge in [0, 0.05) is 36.9 Å². The molecule has 38 heavy (non-hydrogen) atoms. The number of aromatic nitrogens is 2. The van der Waals surface area contributed by atoms with Crippen LogP contribution in [0.3, 0.4) is 0 Å². The fourth-order valence-corrected chi connectivity index (χ4v) is 7.32. The Kier molecular flexibility index (Phi) is 7.11. The lowest BCUT2D eigenvalue weighted by atomic mass is 9.97. The lowest BCUT2D eigenvalue weighted by molar-refractivity contribution is -0.121. The lowest BCUT2D eigenvalue weighted by Gasteiger charge is -2.30. The Balaban J connectivity index is 1.25. The molecule has 2 aliphatic rings. The van der Waals surface area contributed by atoms with E-state index in [1.807, 2.05) is 55.5 Å². The molecular formula is C28H33N5O4S. The zero-order valence-corrected chi connectivity index (χ0v) is 22.8. The summed E-state index contributed by atoms with van der Waals surface area (Å²) in [6.45, 7) is 6.40. The monoisotopic (exact) mass is 535 g/mol. The van der Waals surface area contributed by atoms with Crippen molar-refractivity contribution in [2.45, 2.75) is 51.5 Å². The summed E-state index contributed by atoms with van der Waals surface area (Å²) in [5.74, 6) is -0.465. The minimum absolute atomic E-state index is 0.0300. The largest absolute Gasteiger partial charge is 0.326 e. The van der Waals surface area contributed by atoms with Crippen LogP contribution in [0.4, 0.5) is 11.4 Å². The van der Waals surface area contributed by atoms with Crippen LogP contribution in [-0.2, 0) is 32.6 Å². The van der Waals surface area contributed by atoms with Crippen LogP contribution in [0.25, 0.3) is 0 Å². The quantitative estimate of drug-likeness (QED) is 0.521. The first-order valence-corrected chi connectivity index (χ1v) is 14.4. The zero-order chi connectivity index (χ0) is 27.0. The molecule has 1 fully saturated rings. The molecule has 0 radical (unpaired) electrons. The van der Waals surface area contributed by atoms with Crippen LogP contribution < -0.4 is 10.2 Å². The molecule has 2 aromatic carbocycles. The first-order valence-electron chi connectivity index (χ1n) is 12.9. The molecular weight excluding hydrogens is 502 g/mol. The van der Waals surface area contributed by atoms with E-state index in [0.29, 0.717) is 30.8 Å². The maximum atomic E-state index is 13.6. The molecule has 0 saturated carbocycles. The van der Waals surface area contributed by atoms with Gasteiger partial charge in [0.25, 0.3) is 0 Å². The number of fused-ring (bicyclic) bond motifs is 1. The molecule has 2 amide bonds. The molecule has 0 bridgehead atoms. The van der Waals surface area contributed by atoms with Crippen molar-refractivity contribution in [3.8, 4) is 0 Å². The van der Waals surface area contributed by atoms with Crippen molar-refractivity contribution in [3.63, 3.8) is 0 Å². The first kappa shape index (κ1) is 26.1. The Morgan fingerprint density at radius 2 is 1.74 bits per heavy atom. The summed E-state index contributed by atoms with van der Waals surface area (Å²) >= 11 is 0. The summed E-state index contributed by atoms with van der Waals surface area (Å²) in [6.07, 6.45) is 1.68. The topological polar surface area (TPSA) is 105 Å². The van der Waals surface area contributed by atoms with E-state index in [0.717, 1.165) is 28.9 Å². The lowest BCUT2D eigenvalue weighted by Crippen LogP contribution is -2.41. The average molecular weight is 536 g/mol. The first-order chi connectivity index (χ1) is 18.1. The van der Waals surface area contributed by atoms with Crippen molar-refractivity contribution < 1.29 is 18.0 Å². The van der Waals surface area contributed by atoms with Gasteiger partial charge in [-0.2, -0.15) is 9.40 Å². The number of hydrogen-bond donors (Lipinski definition) is 1. The second kappa shape index (κ2) is 10.3. The molecule has 3 heterocycles. The number of sulfonamides is 1. The van der Waals surface area contributed by atoms with Crippen molar-refractivity contribution in [1.29, 1.82) is 0 Å². The number of anilines is 2. The Labute approximate surface area is 223 Å². The molecule has 0 aliphatic carbocycles. The third-order valence-electron chi connectivity index (χ3n) is 7.50. The number of nitrogens with zero attached hydrogens (tertiary/aromatic N) is 4. The van der Waals surface area contributed by atoms with Crippen molar-refractivity contribution in [3.05, 3.63) is 71.0 Å². The van der Waals surface area contributed by atoms with Crippen LogP contribution in [0.15, 0.2) is 53.4 Å². The van der Waals surface area contributed by atoms with Crippen LogP contribution in [0.5, 0.6) is 0 Å². The van der Waals surface area contributed by atoms with Gasteiger partial charge >= 0.3 is 0 Å². The van der Waals surface area contributed by atoms with Crippen LogP contribution in [0, 0.1) is 26.7 Å². The van der Waals surface area contributed by atoms with Gasteiger partial charge in [0.05, 0.1) is 11.4 Å². The number of carbonyl (C=O) groups excluding carboxylic acids is 2. The second-order valence-electron chi connectivity index (χ2n) is 10.1. The maximum absolute atomic E-state index is 13.6. The third-order valence-corrected chi connectivity index (χ3v) is 9.65. The molecule has 9 nitrogen and oxygen atoms in total. The number of piperidine rings is 1. The fraction of sp³-hybridized carbons (Fsp3) is 0.393. The van der Waals surface area contributed by atoms with Crippen molar-refractivity contribution >= 4 is 33.2 Å². The van der Waals surface area contributed by atoms with E-state index in [4.69, 9.17) is 0 Å². The second-order valence-corrected chi connectivity index (χ2v) is 12.0. The molecule has 0 spiro atoms. The number of carbonyl (C=O) groups is 2. The Morgan fingerprint density at radius 1 is 1.00 bits per heavy atom. The summed E-state index contributed by atoms with van der Waals surface area (Å²) in [5.41, 5.74) is 4.66. The smallest absolute Gasteiger partial charge is 0.248 e. The van der Waals surface area contributed by atoms with E-state index < -0.39 is 10.0 Å². The SMILES string of the molecule is Cc1cccc(NC(=O)C2CCN(S(=O)(=O)c3c(C)nn(CC(=O)N4CCc5ccccc54)c3C)CC2)c1. The van der Waals surface area contributed by atoms with E-state index in [-0.39, 0.29) is 42.3 Å². The average Bonchev–Trinajstić information content (AvgIpc) is 3.44. The Morgan fingerprint density at radius 3 is 2.47 bits per heavy atom. The van der Waals surface area contributed by atoms with E-state index in [2.05, 4.69) is 10.4 Å². The molecule has 3 aromatic rings. The number of amides is 2. The van der Waals surface area contributed by atoms with Crippen LogP contribution in [0.2, 0.25) is 0 Å². The molecule has 2 aliphatic heterocycles. The summed E-state index contributed by atoms with van der Waals surface area (Å²) in [6, 6.07) is 15.4. The third kappa shape index (κ3) is 4.98. The van der Waals surface area contributed by atoms with Gasteiger partial charge in [-0.1, -0.05) is 30.3 Å². The van der Waals surface area contributed by atoms with Gasteiger partial charge in [-0.3, -0.25) is 14.3 Å². The summed E-state index contributed by atoms with van der Waals surface area (Å²) < 4.78 is 30.2. The predicted molar refractivity (Wildman–Crippen MR) is 145 cm³/mol. The number of benzene rings is 2. The summed E-state index contributed by atoms with van der Waals surface area (Å²) in [4.78, 5) is 27.8. The molecule has 0 atom stereocenters. The minimum Gasteiger partial charge on any atom is -0.326 e. The molecule has 1 N–H and O–H groups in total. The highest BCUT2D eigenvalue weighted by Crippen LogP contribution is 2.30. The zero-order valence-electron chi connectivity index (χ0n) is 22.0. The maximum Gasteiger partial charge on any atom is 0.248 e. The van der Waals surface area contributed by atoms with Gasteiger partial charge in [0.15, 0.2) is 0 Å². The minimum atomic E-state index is -3.83. The van der Waals surface area contributed by atoms with Gasteiger partial charge in [0.1, 0.15) is 11.4 Å². The Hall–Kier alpha value is -3.50. The number of rotatable bonds is 6. The predicted octanol–water partition coefficient (Wildman–Crippen LogP) is 3.44. The molecule has 200 valence electrons. The van der Waals surface area contributed by atoms with Crippen molar-refractivity contribution in [2.24, 2.45) is 5.92 Å². The van der Waals surface area contributed by atoms with Crippen molar-refractivity contribution in [1.82, 2.24) is 14.1 Å². The summed E-state index contributed by atoms with van der Waals surface area (Å²) in [5, 5.41) is 7.39. The fourth-order valence-electron chi connectivity index (χ4n) is 5.47. The molecule has 5 rings (SSSR count).